The molecule has 164 valence electrons. The minimum atomic E-state index is -3.63. The van der Waals surface area contributed by atoms with Crippen molar-refractivity contribution in [1.82, 2.24) is 9.21 Å². The standard InChI is InChI=1S/C22H24N2O6S/c25-21(23-10-9-17-3-1-2-4-19(17)15-23)16-30-22(26)18-5-7-20(8-6-18)31(27,28)24-11-13-29-14-12-24/h1-8H,9-16H2. The third-order valence-corrected chi connectivity index (χ3v) is 7.42. The molecular formula is C22H24N2O6S. The molecule has 2 aliphatic rings. The Balaban J connectivity index is 1.33. The number of amides is 1. The monoisotopic (exact) mass is 444 g/mol. The molecule has 0 atom stereocenters. The van der Waals surface area contributed by atoms with Crippen LogP contribution in [0.5, 0.6) is 0 Å². The molecule has 2 aromatic carbocycles. The zero-order valence-electron chi connectivity index (χ0n) is 17.0. The highest BCUT2D eigenvalue weighted by Crippen LogP contribution is 2.20. The van der Waals surface area contributed by atoms with Gasteiger partial charge in [0, 0.05) is 26.2 Å². The molecular weight excluding hydrogens is 420 g/mol. The first-order valence-electron chi connectivity index (χ1n) is 10.1. The van der Waals surface area contributed by atoms with Crippen molar-refractivity contribution in [2.24, 2.45) is 0 Å². The normalized spacial score (nSPS) is 17.1. The predicted molar refractivity (Wildman–Crippen MR) is 112 cm³/mol. The molecule has 0 aliphatic carbocycles. The summed E-state index contributed by atoms with van der Waals surface area (Å²) >= 11 is 0. The van der Waals surface area contributed by atoms with Gasteiger partial charge in [-0.3, -0.25) is 4.79 Å². The maximum atomic E-state index is 12.7. The zero-order valence-corrected chi connectivity index (χ0v) is 17.8. The Morgan fingerprint density at radius 3 is 2.32 bits per heavy atom. The first-order valence-corrected chi connectivity index (χ1v) is 11.6. The summed E-state index contributed by atoms with van der Waals surface area (Å²) in [6.07, 6.45) is 0.773. The molecule has 0 aromatic heterocycles. The topological polar surface area (TPSA) is 93.2 Å². The van der Waals surface area contributed by atoms with Gasteiger partial charge in [-0.05, 0) is 41.8 Å². The largest absolute Gasteiger partial charge is 0.452 e. The van der Waals surface area contributed by atoms with Gasteiger partial charge in [-0.15, -0.1) is 0 Å². The van der Waals surface area contributed by atoms with Gasteiger partial charge in [0.15, 0.2) is 6.61 Å². The molecule has 2 aromatic rings. The van der Waals surface area contributed by atoms with Crippen LogP contribution < -0.4 is 0 Å². The minimum absolute atomic E-state index is 0.106. The third-order valence-electron chi connectivity index (χ3n) is 5.51. The minimum Gasteiger partial charge on any atom is -0.452 e. The van der Waals surface area contributed by atoms with Crippen LogP contribution in [0.25, 0.3) is 0 Å². The van der Waals surface area contributed by atoms with Crippen molar-refractivity contribution in [1.29, 1.82) is 0 Å². The van der Waals surface area contributed by atoms with Crippen LogP contribution in [0.15, 0.2) is 53.4 Å². The van der Waals surface area contributed by atoms with E-state index in [9.17, 15) is 18.0 Å². The summed E-state index contributed by atoms with van der Waals surface area (Å²) in [4.78, 5) is 26.6. The van der Waals surface area contributed by atoms with Gasteiger partial charge >= 0.3 is 5.97 Å². The number of morpholine rings is 1. The van der Waals surface area contributed by atoms with E-state index in [-0.39, 0.29) is 23.0 Å². The lowest BCUT2D eigenvalue weighted by Crippen LogP contribution is -2.40. The number of carbonyl (C=O) groups excluding carboxylic acids is 2. The van der Waals surface area contributed by atoms with Crippen molar-refractivity contribution in [2.45, 2.75) is 17.9 Å². The van der Waals surface area contributed by atoms with Crippen LogP contribution in [0.4, 0.5) is 0 Å². The molecule has 1 saturated heterocycles. The summed E-state index contributed by atoms with van der Waals surface area (Å²) in [7, 11) is -3.63. The Morgan fingerprint density at radius 1 is 0.935 bits per heavy atom. The van der Waals surface area contributed by atoms with E-state index in [0.717, 1.165) is 12.0 Å². The van der Waals surface area contributed by atoms with Crippen molar-refractivity contribution in [3.05, 3.63) is 65.2 Å². The van der Waals surface area contributed by atoms with Crippen molar-refractivity contribution < 1.29 is 27.5 Å². The highest BCUT2D eigenvalue weighted by Gasteiger charge is 2.27. The molecule has 31 heavy (non-hydrogen) atoms. The van der Waals surface area contributed by atoms with Crippen molar-refractivity contribution in [3.63, 3.8) is 0 Å². The molecule has 0 unspecified atom stereocenters. The van der Waals surface area contributed by atoms with Gasteiger partial charge in [-0.2, -0.15) is 4.31 Å². The van der Waals surface area contributed by atoms with Gasteiger partial charge in [0.25, 0.3) is 5.91 Å². The summed E-state index contributed by atoms with van der Waals surface area (Å²) in [5.74, 6) is -0.921. The second-order valence-corrected chi connectivity index (χ2v) is 9.39. The van der Waals surface area contributed by atoms with Gasteiger partial charge in [0.1, 0.15) is 0 Å². The number of carbonyl (C=O) groups is 2. The molecule has 8 nitrogen and oxygen atoms in total. The van der Waals surface area contributed by atoms with E-state index in [1.54, 1.807) is 4.90 Å². The number of hydrogen-bond donors (Lipinski definition) is 0. The van der Waals surface area contributed by atoms with Crippen LogP contribution in [-0.2, 0) is 37.3 Å². The smallest absolute Gasteiger partial charge is 0.338 e. The number of rotatable bonds is 5. The fourth-order valence-electron chi connectivity index (χ4n) is 3.71. The average Bonchev–Trinajstić information content (AvgIpc) is 2.82. The number of sulfonamides is 1. The molecule has 4 rings (SSSR count). The predicted octanol–water partition coefficient (Wildman–Crippen LogP) is 1.45. The van der Waals surface area contributed by atoms with Gasteiger partial charge in [-0.1, -0.05) is 24.3 Å². The van der Waals surface area contributed by atoms with E-state index in [4.69, 9.17) is 9.47 Å². The third kappa shape index (κ3) is 4.79. The van der Waals surface area contributed by atoms with Gasteiger partial charge in [0.2, 0.25) is 10.0 Å². The summed E-state index contributed by atoms with van der Waals surface area (Å²) in [5.41, 5.74) is 2.53. The molecule has 0 N–H and O–H groups in total. The number of ether oxygens (including phenoxy) is 2. The second kappa shape index (κ2) is 9.17. The SMILES string of the molecule is O=C(OCC(=O)N1CCc2ccccc2C1)c1ccc(S(=O)(=O)N2CCOCC2)cc1. The summed E-state index contributed by atoms with van der Waals surface area (Å²) in [5, 5.41) is 0. The van der Waals surface area contributed by atoms with Crippen molar-refractivity contribution in [2.75, 3.05) is 39.5 Å². The van der Waals surface area contributed by atoms with Crippen LogP contribution >= 0.6 is 0 Å². The number of hydrogen-bond acceptors (Lipinski definition) is 6. The number of nitrogens with zero attached hydrogens (tertiary/aromatic N) is 2. The van der Waals surface area contributed by atoms with Crippen molar-refractivity contribution in [3.8, 4) is 0 Å². The molecule has 0 radical (unpaired) electrons. The molecule has 2 heterocycles. The second-order valence-electron chi connectivity index (χ2n) is 7.45. The fraction of sp³-hybridized carbons (Fsp3) is 0.364. The molecule has 1 amide bonds. The lowest BCUT2D eigenvalue weighted by molar-refractivity contribution is -0.135. The molecule has 2 aliphatic heterocycles. The highest BCUT2D eigenvalue weighted by molar-refractivity contribution is 7.89. The quantitative estimate of drug-likeness (QED) is 0.648. The van der Waals surface area contributed by atoms with E-state index < -0.39 is 16.0 Å². The Hall–Kier alpha value is -2.75. The maximum absolute atomic E-state index is 12.7. The Morgan fingerprint density at radius 2 is 1.61 bits per heavy atom. The van der Waals surface area contributed by atoms with E-state index in [1.165, 1.54) is 34.1 Å². The molecule has 1 fully saturated rings. The Labute approximate surface area is 181 Å². The summed E-state index contributed by atoms with van der Waals surface area (Å²) in [6, 6.07) is 13.5. The Kier molecular flexibility index (Phi) is 6.35. The number of esters is 1. The summed E-state index contributed by atoms with van der Waals surface area (Å²) in [6.45, 7) is 2.06. The van der Waals surface area contributed by atoms with Gasteiger partial charge < -0.3 is 14.4 Å². The van der Waals surface area contributed by atoms with Crippen molar-refractivity contribution >= 4 is 21.9 Å². The van der Waals surface area contributed by atoms with Crippen LogP contribution in [-0.4, -0.2) is 69.0 Å². The fourth-order valence-corrected chi connectivity index (χ4v) is 5.12. The number of fused-ring (bicyclic) bond motifs is 1. The lowest BCUT2D eigenvalue weighted by atomic mass is 10.00. The van der Waals surface area contributed by atoms with Crippen LogP contribution in [0, 0.1) is 0 Å². The van der Waals surface area contributed by atoms with E-state index in [0.29, 0.717) is 39.4 Å². The van der Waals surface area contributed by atoms with Crippen LogP contribution in [0.2, 0.25) is 0 Å². The molecule has 0 saturated carbocycles. The van der Waals surface area contributed by atoms with Gasteiger partial charge in [0.05, 0.1) is 23.7 Å². The van der Waals surface area contributed by atoms with Crippen LogP contribution in [0.1, 0.15) is 21.5 Å². The lowest BCUT2D eigenvalue weighted by Gasteiger charge is -2.28. The van der Waals surface area contributed by atoms with E-state index >= 15 is 0 Å². The highest BCUT2D eigenvalue weighted by atomic mass is 32.2. The maximum Gasteiger partial charge on any atom is 0.338 e. The van der Waals surface area contributed by atoms with Gasteiger partial charge in [-0.25, -0.2) is 13.2 Å². The molecule has 0 bridgehead atoms. The Bertz CT molecular complexity index is 1060. The van der Waals surface area contributed by atoms with Crippen LogP contribution in [0.3, 0.4) is 0 Å². The first kappa shape index (κ1) is 21.5. The van der Waals surface area contributed by atoms with E-state index in [1.807, 2.05) is 18.2 Å². The zero-order chi connectivity index (χ0) is 21.8. The average molecular weight is 445 g/mol. The number of benzene rings is 2. The van der Waals surface area contributed by atoms with E-state index in [2.05, 4.69) is 6.07 Å². The summed E-state index contributed by atoms with van der Waals surface area (Å²) < 4.78 is 37.0. The molecule has 9 heteroatoms. The first-order chi connectivity index (χ1) is 14.9. The molecule has 0 spiro atoms.